The summed E-state index contributed by atoms with van der Waals surface area (Å²) in [4.78, 5) is 22.6. The molecule has 0 radical (unpaired) electrons. The van der Waals surface area contributed by atoms with Crippen LogP contribution in [0.1, 0.15) is 39.5 Å². The van der Waals surface area contributed by atoms with E-state index >= 15 is 0 Å². The first-order valence-electron chi connectivity index (χ1n) is 5.90. The van der Waals surface area contributed by atoms with Crippen LogP contribution in [0.3, 0.4) is 0 Å². The Kier molecular flexibility index (Phi) is 4.73. The molecule has 0 aliphatic heterocycles. The molecule has 1 aliphatic carbocycles. The number of carbonyl (C=O) groups excluding carboxylic acids is 2. The quantitative estimate of drug-likeness (QED) is 0.548. The van der Waals surface area contributed by atoms with E-state index in [1.54, 1.807) is 0 Å². The average Bonchev–Trinajstić information content (AvgIpc) is 2.27. The smallest absolute Gasteiger partial charge is 0.311 e. The van der Waals surface area contributed by atoms with Crippen LogP contribution in [-0.4, -0.2) is 25.2 Å². The average molecular weight is 240 g/mol. The Morgan fingerprint density at radius 2 is 2.06 bits per heavy atom. The molecule has 0 heterocycles. The van der Waals surface area contributed by atoms with E-state index < -0.39 is 5.41 Å². The van der Waals surface area contributed by atoms with Gasteiger partial charge in [0.25, 0.3) is 0 Å². The normalized spacial score (nSPS) is 30.9. The van der Waals surface area contributed by atoms with Crippen molar-refractivity contribution in [3.8, 4) is 0 Å². The van der Waals surface area contributed by atoms with E-state index in [9.17, 15) is 9.59 Å². The zero-order valence-corrected chi connectivity index (χ0v) is 10.7. The molecular weight excluding hydrogens is 220 g/mol. The van der Waals surface area contributed by atoms with Crippen LogP contribution in [0.15, 0.2) is 12.2 Å². The summed E-state index contributed by atoms with van der Waals surface area (Å²) in [6, 6.07) is 0. The molecule has 1 rings (SSSR count). The number of hydrogen-bond donors (Lipinski definition) is 0. The number of methoxy groups -OCH3 is 1. The third-order valence-corrected chi connectivity index (χ3v) is 3.19. The van der Waals surface area contributed by atoms with Crippen molar-refractivity contribution in [3.05, 3.63) is 12.2 Å². The predicted molar refractivity (Wildman–Crippen MR) is 63.3 cm³/mol. The fourth-order valence-corrected chi connectivity index (χ4v) is 2.09. The van der Waals surface area contributed by atoms with Gasteiger partial charge < -0.3 is 9.47 Å². The standard InChI is InChI=1S/C13H20O4/c1-10(14)17-11-6-4-5-8-13(2,9-7-11)12(15)16-3/h4,6,11H,5,7-9H2,1-3H3/b6-4-/t11?,13-/m1/s1. The second kappa shape index (κ2) is 5.84. The Morgan fingerprint density at radius 1 is 1.35 bits per heavy atom. The Morgan fingerprint density at radius 3 is 2.65 bits per heavy atom. The number of allylic oxidation sites excluding steroid dienone is 1. The van der Waals surface area contributed by atoms with Crippen molar-refractivity contribution in [1.82, 2.24) is 0 Å². The number of carbonyl (C=O) groups is 2. The maximum absolute atomic E-state index is 11.7. The van der Waals surface area contributed by atoms with Crippen LogP contribution in [0.4, 0.5) is 0 Å². The van der Waals surface area contributed by atoms with E-state index in [1.165, 1.54) is 14.0 Å². The van der Waals surface area contributed by atoms with Gasteiger partial charge in [0.05, 0.1) is 12.5 Å². The van der Waals surface area contributed by atoms with Crippen molar-refractivity contribution in [2.45, 2.75) is 45.6 Å². The second-order valence-electron chi connectivity index (χ2n) is 4.71. The van der Waals surface area contributed by atoms with Crippen LogP contribution in [0.2, 0.25) is 0 Å². The van der Waals surface area contributed by atoms with Crippen LogP contribution >= 0.6 is 0 Å². The maximum atomic E-state index is 11.7. The molecule has 0 aromatic heterocycles. The molecule has 0 bridgehead atoms. The summed E-state index contributed by atoms with van der Waals surface area (Å²) in [6.07, 6.45) is 6.53. The number of hydrogen-bond acceptors (Lipinski definition) is 4. The van der Waals surface area contributed by atoms with E-state index in [-0.39, 0.29) is 18.0 Å². The summed E-state index contributed by atoms with van der Waals surface area (Å²) >= 11 is 0. The first-order valence-corrected chi connectivity index (χ1v) is 5.90. The highest BCUT2D eigenvalue weighted by atomic mass is 16.5. The molecule has 0 fully saturated rings. The van der Waals surface area contributed by atoms with Gasteiger partial charge >= 0.3 is 11.9 Å². The summed E-state index contributed by atoms with van der Waals surface area (Å²) in [5, 5.41) is 0. The molecule has 1 aliphatic rings. The summed E-state index contributed by atoms with van der Waals surface area (Å²) in [7, 11) is 1.41. The molecule has 0 spiro atoms. The lowest BCUT2D eigenvalue weighted by molar-refractivity contribution is -0.153. The zero-order chi connectivity index (χ0) is 12.9. The van der Waals surface area contributed by atoms with Gasteiger partial charge in [0.1, 0.15) is 6.10 Å². The van der Waals surface area contributed by atoms with Gasteiger partial charge in [0, 0.05) is 6.92 Å². The third-order valence-electron chi connectivity index (χ3n) is 3.19. The summed E-state index contributed by atoms with van der Waals surface area (Å²) in [5.74, 6) is -0.477. The maximum Gasteiger partial charge on any atom is 0.311 e. The summed E-state index contributed by atoms with van der Waals surface area (Å²) < 4.78 is 9.99. The monoisotopic (exact) mass is 240 g/mol. The predicted octanol–water partition coefficient (Wildman–Crippen LogP) is 2.23. The molecule has 4 heteroatoms. The lowest BCUT2D eigenvalue weighted by atomic mass is 9.79. The van der Waals surface area contributed by atoms with Crippen LogP contribution < -0.4 is 0 Å². The van der Waals surface area contributed by atoms with Crippen molar-refractivity contribution in [3.63, 3.8) is 0 Å². The molecule has 0 aromatic rings. The van der Waals surface area contributed by atoms with Crippen LogP contribution in [-0.2, 0) is 19.1 Å². The first-order chi connectivity index (χ1) is 7.98. The molecule has 0 saturated carbocycles. The van der Waals surface area contributed by atoms with E-state index in [4.69, 9.17) is 9.47 Å². The Bertz CT molecular complexity index is 321. The van der Waals surface area contributed by atoms with Crippen molar-refractivity contribution >= 4 is 11.9 Å². The number of rotatable bonds is 2. The van der Waals surface area contributed by atoms with Gasteiger partial charge in [-0.3, -0.25) is 9.59 Å². The zero-order valence-electron chi connectivity index (χ0n) is 10.7. The molecule has 96 valence electrons. The second-order valence-corrected chi connectivity index (χ2v) is 4.71. The van der Waals surface area contributed by atoms with Gasteiger partial charge in [-0.1, -0.05) is 6.08 Å². The largest absolute Gasteiger partial charge is 0.469 e. The number of ether oxygens (including phenoxy) is 2. The van der Waals surface area contributed by atoms with Gasteiger partial charge in [0.2, 0.25) is 0 Å². The van der Waals surface area contributed by atoms with Gasteiger partial charge in [-0.15, -0.1) is 0 Å². The van der Waals surface area contributed by atoms with Crippen molar-refractivity contribution in [2.24, 2.45) is 5.41 Å². The fourth-order valence-electron chi connectivity index (χ4n) is 2.09. The van der Waals surface area contributed by atoms with Gasteiger partial charge in [-0.25, -0.2) is 0 Å². The van der Waals surface area contributed by atoms with Crippen LogP contribution in [0, 0.1) is 5.41 Å². The summed E-state index contributed by atoms with van der Waals surface area (Å²) in [6.45, 7) is 3.30. The van der Waals surface area contributed by atoms with Gasteiger partial charge in [0.15, 0.2) is 0 Å². The molecule has 1 unspecified atom stereocenters. The van der Waals surface area contributed by atoms with E-state index in [0.717, 1.165) is 12.8 Å². The van der Waals surface area contributed by atoms with Crippen molar-refractivity contribution < 1.29 is 19.1 Å². The number of esters is 2. The topological polar surface area (TPSA) is 52.6 Å². The molecule has 2 atom stereocenters. The lowest BCUT2D eigenvalue weighted by Gasteiger charge is -2.29. The third kappa shape index (κ3) is 3.88. The minimum atomic E-state index is -0.474. The van der Waals surface area contributed by atoms with Crippen molar-refractivity contribution in [1.29, 1.82) is 0 Å². The van der Waals surface area contributed by atoms with Gasteiger partial charge in [-0.2, -0.15) is 0 Å². The molecule has 0 N–H and O–H groups in total. The van der Waals surface area contributed by atoms with E-state index in [0.29, 0.717) is 12.8 Å². The molecule has 17 heavy (non-hydrogen) atoms. The lowest BCUT2D eigenvalue weighted by Crippen LogP contribution is -2.31. The molecule has 0 saturated heterocycles. The van der Waals surface area contributed by atoms with Gasteiger partial charge in [-0.05, 0) is 38.7 Å². The minimum absolute atomic E-state index is 0.186. The highest BCUT2D eigenvalue weighted by molar-refractivity contribution is 5.76. The highest BCUT2D eigenvalue weighted by Crippen LogP contribution is 2.33. The highest BCUT2D eigenvalue weighted by Gasteiger charge is 2.34. The minimum Gasteiger partial charge on any atom is -0.469 e. The first kappa shape index (κ1) is 13.7. The Labute approximate surface area is 102 Å². The molecule has 0 aromatic carbocycles. The molecule has 0 amide bonds. The fraction of sp³-hybridized carbons (Fsp3) is 0.692. The van der Waals surface area contributed by atoms with Crippen molar-refractivity contribution in [2.75, 3.05) is 7.11 Å². The summed E-state index contributed by atoms with van der Waals surface area (Å²) in [5.41, 5.74) is -0.474. The van der Waals surface area contributed by atoms with E-state index in [2.05, 4.69) is 0 Å². The molecule has 4 nitrogen and oxygen atoms in total. The van der Waals surface area contributed by atoms with E-state index in [1.807, 2.05) is 19.1 Å². The Hall–Kier alpha value is -1.32. The SMILES string of the molecule is COC(=O)[C@]1(C)CC/C=C\C(OC(C)=O)CC1. The molecular formula is C13H20O4. The van der Waals surface area contributed by atoms with Crippen LogP contribution in [0.25, 0.3) is 0 Å². The Balaban J connectivity index is 2.69. The van der Waals surface area contributed by atoms with Crippen LogP contribution in [0.5, 0.6) is 0 Å².